The SMILES string of the molecule is C[C@H]1CNCCN1C(=O)Cc1ccc(-c2ccccc2)cc1. The van der Waals surface area contributed by atoms with Crippen molar-refractivity contribution in [3.8, 4) is 11.1 Å². The molecule has 1 heterocycles. The van der Waals surface area contributed by atoms with Gasteiger partial charge in [-0.2, -0.15) is 0 Å². The molecule has 114 valence electrons. The van der Waals surface area contributed by atoms with Gasteiger partial charge in [-0.3, -0.25) is 4.79 Å². The zero-order valence-electron chi connectivity index (χ0n) is 13.0. The van der Waals surface area contributed by atoms with Gasteiger partial charge in [0.25, 0.3) is 0 Å². The fourth-order valence-corrected chi connectivity index (χ4v) is 2.93. The third-order valence-electron chi connectivity index (χ3n) is 4.24. The normalized spacial score (nSPS) is 18.2. The largest absolute Gasteiger partial charge is 0.337 e. The first-order valence-electron chi connectivity index (χ1n) is 7.88. The summed E-state index contributed by atoms with van der Waals surface area (Å²) in [5.74, 6) is 0.224. The van der Waals surface area contributed by atoms with Gasteiger partial charge in [0.2, 0.25) is 5.91 Å². The molecule has 0 aromatic heterocycles. The minimum Gasteiger partial charge on any atom is -0.337 e. The van der Waals surface area contributed by atoms with Crippen molar-refractivity contribution >= 4 is 5.91 Å². The second kappa shape index (κ2) is 6.75. The van der Waals surface area contributed by atoms with E-state index in [4.69, 9.17) is 0 Å². The molecule has 0 saturated carbocycles. The van der Waals surface area contributed by atoms with Crippen LogP contribution in [0.5, 0.6) is 0 Å². The Morgan fingerprint density at radius 1 is 1.09 bits per heavy atom. The van der Waals surface area contributed by atoms with Gasteiger partial charge in [0, 0.05) is 25.7 Å². The first kappa shape index (κ1) is 14.8. The highest BCUT2D eigenvalue weighted by atomic mass is 16.2. The summed E-state index contributed by atoms with van der Waals surface area (Å²) in [7, 11) is 0. The van der Waals surface area contributed by atoms with Crippen LogP contribution in [-0.2, 0) is 11.2 Å². The van der Waals surface area contributed by atoms with Crippen LogP contribution < -0.4 is 5.32 Å². The van der Waals surface area contributed by atoms with E-state index in [0.29, 0.717) is 6.42 Å². The van der Waals surface area contributed by atoms with Crippen LogP contribution in [0.2, 0.25) is 0 Å². The Hall–Kier alpha value is -2.13. The lowest BCUT2D eigenvalue weighted by molar-refractivity contribution is -0.133. The van der Waals surface area contributed by atoms with Crippen LogP contribution in [-0.4, -0.2) is 36.5 Å². The number of amides is 1. The molecule has 1 aliphatic heterocycles. The maximum Gasteiger partial charge on any atom is 0.227 e. The Labute approximate surface area is 132 Å². The van der Waals surface area contributed by atoms with E-state index in [1.807, 2.05) is 23.1 Å². The second-order valence-electron chi connectivity index (χ2n) is 5.88. The average Bonchev–Trinajstić information content (AvgIpc) is 2.57. The predicted molar refractivity (Wildman–Crippen MR) is 89.6 cm³/mol. The van der Waals surface area contributed by atoms with Crippen molar-refractivity contribution in [2.75, 3.05) is 19.6 Å². The highest BCUT2D eigenvalue weighted by Crippen LogP contribution is 2.19. The fourth-order valence-electron chi connectivity index (χ4n) is 2.93. The first-order chi connectivity index (χ1) is 10.7. The Morgan fingerprint density at radius 3 is 2.45 bits per heavy atom. The quantitative estimate of drug-likeness (QED) is 0.944. The number of carbonyl (C=O) groups excluding carboxylic acids is 1. The van der Waals surface area contributed by atoms with Gasteiger partial charge < -0.3 is 10.2 Å². The van der Waals surface area contributed by atoms with E-state index < -0.39 is 0 Å². The average molecular weight is 294 g/mol. The van der Waals surface area contributed by atoms with Crippen molar-refractivity contribution in [2.45, 2.75) is 19.4 Å². The van der Waals surface area contributed by atoms with Crippen LogP contribution in [0.3, 0.4) is 0 Å². The Bertz CT molecular complexity index is 622. The summed E-state index contributed by atoms with van der Waals surface area (Å²) in [6.07, 6.45) is 0.486. The van der Waals surface area contributed by atoms with Crippen LogP contribution in [0.4, 0.5) is 0 Å². The van der Waals surface area contributed by atoms with Crippen molar-refractivity contribution in [1.29, 1.82) is 0 Å². The van der Waals surface area contributed by atoms with E-state index in [9.17, 15) is 4.79 Å². The number of rotatable bonds is 3. The number of benzene rings is 2. The number of carbonyl (C=O) groups is 1. The highest BCUT2D eigenvalue weighted by Gasteiger charge is 2.22. The number of hydrogen-bond acceptors (Lipinski definition) is 2. The Morgan fingerprint density at radius 2 is 1.77 bits per heavy atom. The van der Waals surface area contributed by atoms with Crippen molar-refractivity contribution < 1.29 is 4.79 Å². The van der Waals surface area contributed by atoms with Crippen molar-refractivity contribution in [3.63, 3.8) is 0 Å². The molecule has 3 heteroatoms. The van der Waals surface area contributed by atoms with Crippen molar-refractivity contribution in [2.24, 2.45) is 0 Å². The maximum absolute atomic E-state index is 12.4. The van der Waals surface area contributed by atoms with Gasteiger partial charge in [0.05, 0.1) is 6.42 Å². The molecule has 1 N–H and O–H groups in total. The maximum atomic E-state index is 12.4. The van der Waals surface area contributed by atoms with Crippen LogP contribution in [0.1, 0.15) is 12.5 Å². The van der Waals surface area contributed by atoms with Crippen LogP contribution in [0.25, 0.3) is 11.1 Å². The summed E-state index contributed by atoms with van der Waals surface area (Å²) >= 11 is 0. The van der Waals surface area contributed by atoms with Gasteiger partial charge in [-0.1, -0.05) is 54.6 Å². The van der Waals surface area contributed by atoms with Gasteiger partial charge in [-0.25, -0.2) is 0 Å². The molecule has 0 spiro atoms. The van der Waals surface area contributed by atoms with Crippen molar-refractivity contribution in [1.82, 2.24) is 10.2 Å². The number of piperazine rings is 1. The smallest absolute Gasteiger partial charge is 0.227 e. The monoisotopic (exact) mass is 294 g/mol. The molecule has 3 nitrogen and oxygen atoms in total. The zero-order valence-corrected chi connectivity index (χ0v) is 13.0. The van der Waals surface area contributed by atoms with E-state index in [1.54, 1.807) is 0 Å². The summed E-state index contributed by atoms with van der Waals surface area (Å²) in [6.45, 7) is 4.69. The third-order valence-corrected chi connectivity index (χ3v) is 4.24. The van der Waals surface area contributed by atoms with E-state index in [1.165, 1.54) is 11.1 Å². The molecule has 0 aliphatic carbocycles. The lowest BCUT2D eigenvalue weighted by Crippen LogP contribution is -2.52. The van der Waals surface area contributed by atoms with E-state index in [0.717, 1.165) is 25.2 Å². The lowest BCUT2D eigenvalue weighted by atomic mass is 10.0. The molecule has 2 aromatic rings. The topological polar surface area (TPSA) is 32.3 Å². The molecule has 2 aromatic carbocycles. The van der Waals surface area contributed by atoms with E-state index in [-0.39, 0.29) is 11.9 Å². The van der Waals surface area contributed by atoms with E-state index >= 15 is 0 Å². The molecule has 1 amide bonds. The van der Waals surface area contributed by atoms with Crippen LogP contribution >= 0.6 is 0 Å². The Balaban J connectivity index is 1.67. The van der Waals surface area contributed by atoms with Crippen molar-refractivity contribution in [3.05, 3.63) is 60.2 Å². The third kappa shape index (κ3) is 3.37. The molecule has 3 rings (SSSR count). The summed E-state index contributed by atoms with van der Waals surface area (Å²) in [5, 5.41) is 3.31. The number of nitrogens with zero attached hydrogens (tertiary/aromatic N) is 1. The number of hydrogen-bond donors (Lipinski definition) is 1. The van der Waals surface area contributed by atoms with Gasteiger partial charge >= 0.3 is 0 Å². The molecule has 1 aliphatic rings. The zero-order chi connectivity index (χ0) is 15.4. The van der Waals surface area contributed by atoms with Crippen LogP contribution in [0.15, 0.2) is 54.6 Å². The molecule has 0 bridgehead atoms. The predicted octanol–water partition coefficient (Wildman–Crippen LogP) is 2.72. The van der Waals surface area contributed by atoms with Gasteiger partial charge in [0.1, 0.15) is 0 Å². The highest BCUT2D eigenvalue weighted by molar-refractivity contribution is 5.79. The molecular formula is C19H22N2O. The first-order valence-corrected chi connectivity index (χ1v) is 7.88. The summed E-state index contributed by atoms with van der Waals surface area (Å²) in [4.78, 5) is 14.4. The van der Waals surface area contributed by atoms with Crippen LogP contribution in [0, 0.1) is 0 Å². The van der Waals surface area contributed by atoms with Gasteiger partial charge in [0.15, 0.2) is 0 Å². The minimum atomic E-state index is 0.224. The van der Waals surface area contributed by atoms with E-state index in [2.05, 4.69) is 48.6 Å². The second-order valence-corrected chi connectivity index (χ2v) is 5.88. The van der Waals surface area contributed by atoms with Gasteiger partial charge in [-0.05, 0) is 23.6 Å². The van der Waals surface area contributed by atoms with Gasteiger partial charge in [-0.15, -0.1) is 0 Å². The standard InChI is InChI=1S/C19H22N2O/c1-15-14-20-11-12-21(15)19(22)13-16-7-9-18(10-8-16)17-5-3-2-4-6-17/h2-10,15,20H,11-14H2,1H3/t15-/m0/s1. The molecular weight excluding hydrogens is 272 g/mol. The molecule has 0 unspecified atom stereocenters. The Kier molecular flexibility index (Phi) is 4.54. The summed E-state index contributed by atoms with van der Waals surface area (Å²) in [5.41, 5.74) is 3.47. The molecule has 1 fully saturated rings. The fraction of sp³-hybridized carbons (Fsp3) is 0.316. The molecule has 1 atom stereocenters. The summed E-state index contributed by atoms with van der Waals surface area (Å²) in [6, 6.07) is 18.9. The number of nitrogens with one attached hydrogen (secondary N) is 1. The molecule has 1 saturated heterocycles. The molecule has 0 radical (unpaired) electrons. The summed E-state index contributed by atoms with van der Waals surface area (Å²) < 4.78 is 0. The minimum absolute atomic E-state index is 0.224. The lowest BCUT2D eigenvalue weighted by Gasteiger charge is -2.34. The molecule has 22 heavy (non-hydrogen) atoms.